The quantitative estimate of drug-likeness (QED) is 0.470. The summed E-state index contributed by atoms with van der Waals surface area (Å²) in [5.74, 6) is -0.326. The van der Waals surface area contributed by atoms with E-state index < -0.39 is 0 Å². The van der Waals surface area contributed by atoms with Gasteiger partial charge in [-0.05, 0) is 36.6 Å². The van der Waals surface area contributed by atoms with Crippen LogP contribution < -0.4 is 11.2 Å². The molecule has 0 aliphatic heterocycles. The SMILES string of the molecule is CC1(C)CC[C@@](CN)(CC(=O)NO)C1. The van der Waals surface area contributed by atoms with Gasteiger partial charge in [-0.25, -0.2) is 5.48 Å². The van der Waals surface area contributed by atoms with Gasteiger partial charge in [0.05, 0.1) is 0 Å². The van der Waals surface area contributed by atoms with Gasteiger partial charge in [0.1, 0.15) is 0 Å². The number of carbonyl (C=O) groups is 1. The van der Waals surface area contributed by atoms with E-state index in [0.29, 0.717) is 13.0 Å². The number of hydroxylamine groups is 1. The summed E-state index contributed by atoms with van der Waals surface area (Å²) < 4.78 is 0. The summed E-state index contributed by atoms with van der Waals surface area (Å²) in [5.41, 5.74) is 7.59. The minimum atomic E-state index is -0.326. The maximum Gasteiger partial charge on any atom is 0.243 e. The fourth-order valence-corrected chi connectivity index (χ4v) is 2.57. The average molecular weight is 200 g/mol. The number of nitrogens with one attached hydrogen (secondary N) is 1. The van der Waals surface area contributed by atoms with Crippen molar-refractivity contribution in [2.45, 2.75) is 39.5 Å². The Morgan fingerprint density at radius 2 is 2.14 bits per heavy atom. The molecule has 1 aliphatic rings. The molecule has 0 saturated heterocycles. The molecule has 0 aromatic heterocycles. The molecule has 82 valence electrons. The van der Waals surface area contributed by atoms with Gasteiger partial charge >= 0.3 is 0 Å². The molecule has 1 fully saturated rings. The van der Waals surface area contributed by atoms with Crippen molar-refractivity contribution in [2.24, 2.45) is 16.6 Å². The van der Waals surface area contributed by atoms with Gasteiger partial charge in [0.2, 0.25) is 5.91 Å². The van der Waals surface area contributed by atoms with Crippen molar-refractivity contribution in [2.75, 3.05) is 6.54 Å². The summed E-state index contributed by atoms with van der Waals surface area (Å²) in [7, 11) is 0. The summed E-state index contributed by atoms with van der Waals surface area (Å²) in [6.45, 7) is 4.91. The fraction of sp³-hybridized carbons (Fsp3) is 0.900. The van der Waals surface area contributed by atoms with Gasteiger partial charge < -0.3 is 5.73 Å². The second-order valence-electron chi connectivity index (χ2n) is 5.26. The molecule has 1 atom stereocenters. The van der Waals surface area contributed by atoms with Gasteiger partial charge in [0, 0.05) is 6.42 Å². The number of nitrogens with two attached hydrogens (primary N) is 1. The van der Waals surface area contributed by atoms with Crippen molar-refractivity contribution < 1.29 is 10.0 Å². The van der Waals surface area contributed by atoms with E-state index in [9.17, 15) is 4.79 Å². The molecular formula is C10H20N2O2. The van der Waals surface area contributed by atoms with E-state index >= 15 is 0 Å². The van der Waals surface area contributed by atoms with Crippen molar-refractivity contribution in [3.8, 4) is 0 Å². The highest BCUT2D eigenvalue weighted by molar-refractivity contribution is 5.75. The van der Waals surface area contributed by atoms with Crippen LogP contribution in [0.25, 0.3) is 0 Å². The van der Waals surface area contributed by atoms with Crippen LogP contribution in [0.4, 0.5) is 0 Å². The molecule has 4 N–H and O–H groups in total. The molecule has 4 heteroatoms. The lowest BCUT2D eigenvalue weighted by Crippen LogP contribution is -2.35. The molecule has 1 amide bonds. The number of rotatable bonds is 3. The molecule has 14 heavy (non-hydrogen) atoms. The van der Waals surface area contributed by atoms with Crippen LogP contribution in [0.1, 0.15) is 39.5 Å². The lowest BCUT2D eigenvalue weighted by molar-refractivity contribution is -0.131. The van der Waals surface area contributed by atoms with Crippen LogP contribution in [0.5, 0.6) is 0 Å². The highest BCUT2D eigenvalue weighted by atomic mass is 16.5. The van der Waals surface area contributed by atoms with Crippen LogP contribution in [0.2, 0.25) is 0 Å². The van der Waals surface area contributed by atoms with Gasteiger partial charge in [-0.3, -0.25) is 10.0 Å². The minimum absolute atomic E-state index is 0.101. The first kappa shape index (κ1) is 11.5. The zero-order valence-corrected chi connectivity index (χ0v) is 8.97. The summed E-state index contributed by atoms with van der Waals surface area (Å²) in [4.78, 5) is 11.1. The Bertz CT molecular complexity index is 228. The molecule has 4 nitrogen and oxygen atoms in total. The van der Waals surface area contributed by atoms with Crippen LogP contribution in [0.15, 0.2) is 0 Å². The van der Waals surface area contributed by atoms with E-state index in [1.807, 2.05) is 0 Å². The fourth-order valence-electron chi connectivity index (χ4n) is 2.57. The summed E-state index contributed by atoms with van der Waals surface area (Å²) >= 11 is 0. The number of carbonyl (C=O) groups excluding carboxylic acids is 1. The van der Waals surface area contributed by atoms with Crippen LogP contribution in [0, 0.1) is 10.8 Å². The molecule has 0 unspecified atom stereocenters. The highest BCUT2D eigenvalue weighted by Gasteiger charge is 2.43. The standard InChI is InChI=1S/C10H20N2O2/c1-9(2)3-4-10(6-9,7-11)5-8(13)12-14/h14H,3-7,11H2,1-2H3,(H,12,13)/t10-/m1/s1. The topological polar surface area (TPSA) is 75.4 Å². The lowest BCUT2D eigenvalue weighted by Gasteiger charge is -2.28. The first-order valence-electron chi connectivity index (χ1n) is 5.06. The summed E-state index contributed by atoms with van der Waals surface area (Å²) in [5, 5.41) is 8.49. The number of hydrogen-bond donors (Lipinski definition) is 3. The second kappa shape index (κ2) is 3.87. The molecule has 1 rings (SSSR count). The van der Waals surface area contributed by atoms with Crippen molar-refractivity contribution >= 4 is 5.91 Å². The summed E-state index contributed by atoms with van der Waals surface area (Å²) in [6, 6.07) is 0. The number of amides is 1. The van der Waals surface area contributed by atoms with Gasteiger partial charge in [-0.2, -0.15) is 0 Å². The first-order valence-corrected chi connectivity index (χ1v) is 5.06. The minimum Gasteiger partial charge on any atom is -0.330 e. The second-order valence-corrected chi connectivity index (χ2v) is 5.26. The molecular weight excluding hydrogens is 180 g/mol. The Kier molecular flexibility index (Phi) is 3.17. The molecule has 0 aromatic rings. The lowest BCUT2D eigenvalue weighted by atomic mass is 9.79. The van der Waals surface area contributed by atoms with E-state index in [4.69, 9.17) is 10.9 Å². The largest absolute Gasteiger partial charge is 0.330 e. The Hall–Kier alpha value is -0.610. The molecule has 0 aromatic carbocycles. The Morgan fingerprint density at radius 3 is 2.50 bits per heavy atom. The van der Waals surface area contributed by atoms with Crippen LogP contribution >= 0.6 is 0 Å². The number of hydrogen-bond acceptors (Lipinski definition) is 3. The van der Waals surface area contributed by atoms with Gasteiger partial charge in [-0.15, -0.1) is 0 Å². The van der Waals surface area contributed by atoms with E-state index in [2.05, 4.69) is 13.8 Å². The normalized spacial score (nSPS) is 30.3. The molecule has 1 saturated carbocycles. The Balaban J connectivity index is 2.65. The third-order valence-electron chi connectivity index (χ3n) is 3.28. The van der Waals surface area contributed by atoms with Crippen LogP contribution in [-0.4, -0.2) is 17.7 Å². The van der Waals surface area contributed by atoms with Gasteiger partial charge in [0.25, 0.3) is 0 Å². The smallest absolute Gasteiger partial charge is 0.243 e. The van der Waals surface area contributed by atoms with E-state index in [0.717, 1.165) is 19.3 Å². The van der Waals surface area contributed by atoms with E-state index in [1.165, 1.54) is 0 Å². The predicted molar refractivity (Wildman–Crippen MR) is 53.7 cm³/mol. The maximum absolute atomic E-state index is 11.1. The van der Waals surface area contributed by atoms with E-state index in [-0.39, 0.29) is 16.7 Å². The van der Waals surface area contributed by atoms with Crippen LogP contribution in [0.3, 0.4) is 0 Å². The van der Waals surface area contributed by atoms with Gasteiger partial charge in [0.15, 0.2) is 0 Å². The monoisotopic (exact) mass is 200 g/mol. The maximum atomic E-state index is 11.1. The first-order chi connectivity index (χ1) is 6.43. The Morgan fingerprint density at radius 1 is 1.50 bits per heavy atom. The van der Waals surface area contributed by atoms with Crippen molar-refractivity contribution in [3.05, 3.63) is 0 Å². The molecule has 1 aliphatic carbocycles. The predicted octanol–water partition coefficient (Wildman–Crippen LogP) is 1.04. The third kappa shape index (κ3) is 2.45. The van der Waals surface area contributed by atoms with Crippen molar-refractivity contribution in [3.63, 3.8) is 0 Å². The molecule has 0 bridgehead atoms. The molecule has 0 radical (unpaired) electrons. The zero-order chi connectivity index (χ0) is 10.8. The molecule has 0 spiro atoms. The van der Waals surface area contributed by atoms with Crippen molar-refractivity contribution in [1.29, 1.82) is 0 Å². The highest BCUT2D eigenvalue weighted by Crippen LogP contribution is 2.50. The Labute approximate surface area is 84.8 Å². The average Bonchev–Trinajstić information content (AvgIpc) is 2.42. The van der Waals surface area contributed by atoms with Gasteiger partial charge in [-0.1, -0.05) is 13.8 Å². The van der Waals surface area contributed by atoms with Crippen LogP contribution in [-0.2, 0) is 4.79 Å². The zero-order valence-electron chi connectivity index (χ0n) is 8.97. The molecule has 0 heterocycles. The summed E-state index contributed by atoms with van der Waals surface area (Å²) in [6.07, 6.45) is 3.38. The third-order valence-corrected chi connectivity index (χ3v) is 3.28. The van der Waals surface area contributed by atoms with Crippen molar-refractivity contribution in [1.82, 2.24) is 5.48 Å². The van der Waals surface area contributed by atoms with E-state index in [1.54, 1.807) is 5.48 Å².